The maximum absolute atomic E-state index is 12.1. The molecule has 0 bridgehead atoms. The molecule has 2 heterocycles. The first-order valence-corrected chi connectivity index (χ1v) is 6.21. The Morgan fingerprint density at radius 1 is 1.19 bits per heavy atom. The van der Waals surface area contributed by atoms with Gasteiger partial charge in [-0.1, -0.05) is 17.2 Å². The number of nitrogens with zero attached hydrogens (tertiary/aromatic N) is 4. The topological polar surface area (TPSA) is 94.4 Å². The van der Waals surface area contributed by atoms with Crippen molar-refractivity contribution in [2.75, 3.05) is 0 Å². The van der Waals surface area contributed by atoms with Crippen LogP contribution in [0.15, 0.2) is 30.6 Å². The van der Waals surface area contributed by atoms with Crippen molar-refractivity contribution in [2.24, 2.45) is 0 Å². The summed E-state index contributed by atoms with van der Waals surface area (Å²) in [5.41, 5.74) is 0.402. The molecule has 0 unspecified atom stereocenters. The highest BCUT2D eigenvalue weighted by atomic mass is 16.7. The summed E-state index contributed by atoms with van der Waals surface area (Å²) in [7, 11) is 0. The van der Waals surface area contributed by atoms with Crippen LogP contribution in [0.2, 0.25) is 0 Å². The minimum atomic E-state index is -0.913. The van der Waals surface area contributed by atoms with Gasteiger partial charge in [-0.2, -0.15) is 5.10 Å². The van der Waals surface area contributed by atoms with Gasteiger partial charge in [0.1, 0.15) is 6.33 Å². The summed E-state index contributed by atoms with van der Waals surface area (Å²) in [6.07, 6.45) is 1.20. The highest BCUT2D eigenvalue weighted by Gasteiger charge is 2.39. The number of carbonyl (C=O) groups is 3. The van der Waals surface area contributed by atoms with Crippen LogP contribution in [-0.2, 0) is 11.4 Å². The number of aryl methyl sites for hydroxylation is 1. The van der Waals surface area contributed by atoms with Crippen molar-refractivity contribution in [3.8, 4) is 0 Å². The first-order valence-electron chi connectivity index (χ1n) is 6.21. The van der Waals surface area contributed by atoms with E-state index < -0.39 is 17.8 Å². The highest BCUT2D eigenvalue weighted by Crippen LogP contribution is 2.23. The second-order valence-corrected chi connectivity index (χ2v) is 4.23. The van der Waals surface area contributed by atoms with Crippen molar-refractivity contribution in [1.82, 2.24) is 19.8 Å². The maximum Gasteiger partial charge on any atom is 0.400 e. The molecule has 8 heteroatoms. The third-order valence-electron chi connectivity index (χ3n) is 3.03. The molecule has 0 radical (unpaired) electrons. The van der Waals surface area contributed by atoms with Gasteiger partial charge in [0.15, 0.2) is 0 Å². The molecule has 2 aromatic rings. The van der Waals surface area contributed by atoms with Crippen LogP contribution >= 0.6 is 0 Å². The van der Waals surface area contributed by atoms with Gasteiger partial charge in [0.25, 0.3) is 11.8 Å². The summed E-state index contributed by atoms with van der Waals surface area (Å²) in [5.74, 6) is -2.34. The van der Waals surface area contributed by atoms with E-state index in [4.69, 9.17) is 4.84 Å². The molecule has 1 aliphatic heterocycles. The van der Waals surface area contributed by atoms with Crippen LogP contribution < -0.4 is 0 Å². The number of hydrogen-bond donors (Lipinski definition) is 0. The monoisotopic (exact) mass is 286 g/mol. The Kier molecular flexibility index (Phi) is 2.98. The number of hydrogen-bond acceptors (Lipinski definition) is 6. The zero-order chi connectivity index (χ0) is 15.0. The number of aromatic nitrogens is 3. The van der Waals surface area contributed by atoms with Gasteiger partial charge in [0.2, 0.25) is 5.82 Å². The molecule has 0 aliphatic carbocycles. The fourth-order valence-electron chi connectivity index (χ4n) is 2.03. The number of hydroxylamine groups is 2. The zero-order valence-electron chi connectivity index (χ0n) is 11.0. The number of carbonyl (C=O) groups excluding carboxylic acids is 3. The average Bonchev–Trinajstić information content (AvgIpc) is 3.07. The minimum Gasteiger partial charge on any atom is -0.321 e. The van der Waals surface area contributed by atoms with Crippen LogP contribution in [0.4, 0.5) is 0 Å². The molecule has 0 spiro atoms. The fraction of sp³-hybridized carbons (Fsp3) is 0.154. The number of benzene rings is 1. The lowest BCUT2D eigenvalue weighted by molar-refractivity contribution is -0.0596. The molecule has 0 atom stereocenters. The van der Waals surface area contributed by atoms with E-state index in [1.54, 1.807) is 19.1 Å². The van der Waals surface area contributed by atoms with Crippen molar-refractivity contribution in [3.63, 3.8) is 0 Å². The van der Waals surface area contributed by atoms with E-state index in [1.807, 2.05) is 0 Å². The Bertz CT molecular complexity index is 717. The van der Waals surface area contributed by atoms with E-state index in [0.717, 1.165) is 0 Å². The van der Waals surface area contributed by atoms with Crippen molar-refractivity contribution in [3.05, 3.63) is 47.5 Å². The molecule has 106 valence electrons. The lowest BCUT2D eigenvalue weighted by atomic mass is 10.1. The van der Waals surface area contributed by atoms with Gasteiger partial charge in [-0.25, -0.2) is 14.5 Å². The molecule has 2 amide bonds. The Hall–Kier alpha value is -3.03. The summed E-state index contributed by atoms with van der Waals surface area (Å²) >= 11 is 0. The van der Waals surface area contributed by atoms with Crippen molar-refractivity contribution >= 4 is 17.8 Å². The Morgan fingerprint density at radius 3 is 2.38 bits per heavy atom. The first-order chi connectivity index (χ1) is 10.1. The van der Waals surface area contributed by atoms with Crippen molar-refractivity contribution in [2.45, 2.75) is 13.5 Å². The minimum absolute atomic E-state index is 0.0749. The van der Waals surface area contributed by atoms with Gasteiger partial charge >= 0.3 is 5.97 Å². The lowest BCUT2D eigenvalue weighted by Crippen LogP contribution is -2.33. The van der Waals surface area contributed by atoms with Gasteiger partial charge < -0.3 is 4.84 Å². The molecular weight excluding hydrogens is 276 g/mol. The average molecular weight is 286 g/mol. The predicted molar refractivity (Wildman–Crippen MR) is 68.1 cm³/mol. The third-order valence-corrected chi connectivity index (χ3v) is 3.03. The van der Waals surface area contributed by atoms with Gasteiger partial charge in [0.05, 0.1) is 11.1 Å². The molecule has 0 N–H and O–H groups in total. The van der Waals surface area contributed by atoms with Crippen LogP contribution in [0.3, 0.4) is 0 Å². The van der Waals surface area contributed by atoms with Crippen LogP contribution in [0, 0.1) is 0 Å². The Morgan fingerprint density at radius 2 is 1.81 bits per heavy atom. The van der Waals surface area contributed by atoms with E-state index in [-0.39, 0.29) is 17.0 Å². The Labute approximate surface area is 118 Å². The van der Waals surface area contributed by atoms with Gasteiger partial charge in [-0.3, -0.25) is 9.59 Å². The first kappa shape index (κ1) is 13.0. The molecule has 21 heavy (non-hydrogen) atoms. The molecule has 0 saturated heterocycles. The van der Waals surface area contributed by atoms with Gasteiger partial charge in [0, 0.05) is 6.54 Å². The second-order valence-electron chi connectivity index (χ2n) is 4.23. The number of imide groups is 1. The van der Waals surface area contributed by atoms with E-state index in [2.05, 4.69) is 10.1 Å². The zero-order valence-corrected chi connectivity index (χ0v) is 11.0. The van der Waals surface area contributed by atoms with E-state index >= 15 is 0 Å². The SMILES string of the molecule is CCn1ncnc1C(=O)ON1C(=O)c2ccccc2C1=O. The van der Waals surface area contributed by atoms with E-state index in [9.17, 15) is 14.4 Å². The maximum atomic E-state index is 12.1. The molecule has 1 aromatic heterocycles. The molecule has 3 rings (SSSR count). The summed E-state index contributed by atoms with van der Waals surface area (Å²) in [4.78, 5) is 44.7. The van der Waals surface area contributed by atoms with Crippen LogP contribution in [0.25, 0.3) is 0 Å². The van der Waals surface area contributed by atoms with Gasteiger partial charge in [-0.05, 0) is 19.1 Å². The number of rotatable bonds is 3. The molecule has 0 fully saturated rings. The predicted octanol–water partition coefficient (Wildman–Crippen LogP) is 0.666. The summed E-state index contributed by atoms with van der Waals surface area (Å²) in [6.45, 7) is 2.18. The summed E-state index contributed by atoms with van der Waals surface area (Å²) < 4.78 is 1.31. The van der Waals surface area contributed by atoms with Crippen molar-refractivity contribution < 1.29 is 19.2 Å². The summed E-state index contributed by atoms with van der Waals surface area (Å²) in [5, 5.41) is 4.27. The van der Waals surface area contributed by atoms with E-state index in [0.29, 0.717) is 11.6 Å². The fourth-order valence-corrected chi connectivity index (χ4v) is 2.03. The normalized spacial score (nSPS) is 13.5. The van der Waals surface area contributed by atoms with E-state index in [1.165, 1.54) is 23.1 Å². The van der Waals surface area contributed by atoms with Crippen LogP contribution in [0.5, 0.6) is 0 Å². The van der Waals surface area contributed by atoms with Crippen LogP contribution in [0.1, 0.15) is 38.3 Å². The highest BCUT2D eigenvalue weighted by molar-refractivity contribution is 6.21. The Balaban J connectivity index is 1.86. The lowest BCUT2D eigenvalue weighted by Gasteiger charge is -2.12. The largest absolute Gasteiger partial charge is 0.400 e. The molecule has 8 nitrogen and oxygen atoms in total. The molecular formula is C13H10N4O4. The molecule has 1 aliphatic rings. The third kappa shape index (κ3) is 1.97. The second kappa shape index (κ2) is 4.82. The molecule has 1 aromatic carbocycles. The smallest absolute Gasteiger partial charge is 0.321 e. The number of amides is 2. The van der Waals surface area contributed by atoms with Gasteiger partial charge in [-0.15, -0.1) is 0 Å². The molecule has 0 saturated carbocycles. The van der Waals surface area contributed by atoms with Crippen molar-refractivity contribution in [1.29, 1.82) is 0 Å². The summed E-state index contributed by atoms with van der Waals surface area (Å²) in [6, 6.07) is 6.25. The quantitative estimate of drug-likeness (QED) is 0.769. The van der Waals surface area contributed by atoms with Crippen LogP contribution in [-0.4, -0.2) is 37.6 Å². The standard InChI is InChI=1S/C13H10N4O4/c1-2-16-10(14-7-15-16)13(20)21-17-11(18)8-5-3-4-6-9(8)12(17)19/h3-7H,2H2,1H3. The number of fused-ring (bicyclic) bond motifs is 1.